The van der Waals surface area contributed by atoms with Crippen molar-refractivity contribution in [3.63, 3.8) is 0 Å². The van der Waals surface area contributed by atoms with Gasteiger partial charge in [0.2, 0.25) is 0 Å². The van der Waals surface area contributed by atoms with E-state index in [1.807, 2.05) is 19.1 Å². The highest BCUT2D eigenvalue weighted by molar-refractivity contribution is 5.85. The summed E-state index contributed by atoms with van der Waals surface area (Å²) in [4.78, 5) is 23.6. The molecule has 0 aliphatic carbocycles. The first-order valence-electron chi connectivity index (χ1n) is 7.65. The Kier molecular flexibility index (Phi) is 6.33. The summed E-state index contributed by atoms with van der Waals surface area (Å²) < 4.78 is 24.1. The number of rotatable bonds is 6. The van der Waals surface area contributed by atoms with Gasteiger partial charge >= 0.3 is 0 Å². The summed E-state index contributed by atoms with van der Waals surface area (Å²) >= 11 is 0. The summed E-state index contributed by atoms with van der Waals surface area (Å²) in [6, 6.07) is 13.0. The van der Waals surface area contributed by atoms with E-state index in [9.17, 15) is 14.0 Å². The summed E-state index contributed by atoms with van der Waals surface area (Å²) in [5, 5.41) is 0. The van der Waals surface area contributed by atoms with Crippen molar-refractivity contribution in [2.24, 2.45) is 0 Å². The second kappa shape index (κ2) is 8.68. The van der Waals surface area contributed by atoms with Crippen LogP contribution in [0.5, 0.6) is 11.5 Å². The lowest BCUT2D eigenvalue weighted by molar-refractivity contribution is -0.133. The van der Waals surface area contributed by atoms with E-state index in [1.165, 1.54) is 25.1 Å². The van der Waals surface area contributed by atoms with Gasteiger partial charge in [0, 0.05) is 0 Å². The van der Waals surface area contributed by atoms with Crippen LogP contribution in [0.15, 0.2) is 48.5 Å². The number of benzene rings is 2. The number of aryl methyl sites for hydroxylation is 1. The second-order valence-corrected chi connectivity index (χ2v) is 5.28. The molecule has 7 heteroatoms. The molecule has 0 radical (unpaired) electrons. The van der Waals surface area contributed by atoms with Crippen molar-refractivity contribution in [1.29, 1.82) is 0 Å². The zero-order chi connectivity index (χ0) is 18.2. The monoisotopic (exact) mass is 346 g/mol. The van der Waals surface area contributed by atoms with Gasteiger partial charge in [0.1, 0.15) is 5.75 Å². The van der Waals surface area contributed by atoms with Gasteiger partial charge in [-0.3, -0.25) is 20.4 Å². The molecule has 0 aliphatic heterocycles. The van der Waals surface area contributed by atoms with E-state index in [2.05, 4.69) is 10.9 Å². The Morgan fingerprint density at radius 2 is 1.68 bits per heavy atom. The van der Waals surface area contributed by atoms with Crippen LogP contribution >= 0.6 is 0 Å². The molecule has 0 aromatic heterocycles. The van der Waals surface area contributed by atoms with Crippen LogP contribution in [0.3, 0.4) is 0 Å². The molecular weight excluding hydrogens is 327 g/mol. The molecule has 2 aromatic rings. The third kappa shape index (κ3) is 5.49. The lowest BCUT2D eigenvalue weighted by Gasteiger charge is -2.15. The largest absolute Gasteiger partial charge is 0.483 e. The fourth-order valence-electron chi connectivity index (χ4n) is 1.91. The summed E-state index contributed by atoms with van der Waals surface area (Å²) in [6.45, 7) is 3.04. The maximum atomic E-state index is 13.5. The molecule has 25 heavy (non-hydrogen) atoms. The summed E-state index contributed by atoms with van der Waals surface area (Å²) in [6.07, 6.45) is -0.991. The molecule has 6 nitrogen and oxygen atoms in total. The number of nitrogens with one attached hydrogen (secondary N) is 2. The average molecular weight is 346 g/mol. The first kappa shape index (κ1) is 18.3. The zero-order valence-corrected chi connectivity index (χ0v) is 13.9. The Morgan fingerprint density at radius 1 is 1.04 bits per heavy atom. The second-order valence-electron chi connectivity index (χ2n) is 5.28. The number of carbonyl (C=O) groups excluding carboxylic acids is 2. The Bertz CT molecular complexity index is 751. The van der Waals surface area contributed by atoms with E-state index in [1.54, 1.807) is 18.2 Å². The number of carbonyl (C=O) groups is 2. The van der Waals surface area contributed by atoms with Crippen molar-refractivity contribution in [3.8, 4) is 11.5 Å². The van der Waals surface area contributed by atoms with E-state index in [0.717, 1.165) is 5.56 Å². The third-order valence-electron chi connectivity index (χ3n) is 3.29. The van der Waals surface area contributed by atoms with Gasteiger partial charge in [-0.15, -0.1) is 0 Å². The van der Waals surface area contributed by atoms with Gasteiger partial charge in [-0.05, 0) is 37.6 Å². The van der Waals surface area contributed by atoms with Crippen LogP contribution in [-0.4, -0.2) is 24.5 Å². The Balaban J connectivity index is 1.76. The van der Waals surface area contributed by atoms with Crippen molar-refractivity contribution in [2.45, 2.75) is 20.0 Å². The van der Waals surface area contributed by atoms with Crippen molar-refractivity contribution in [1.82, 2.24) is 10.9 Å². The number of ether oxygens (including phenoxy) is 2. The molecule has 0 spiro atoms. The molecule has 2 aromatic carbocycles. The maximum absolute atomic E-state index is 13.5. The highest BCUT2D eigenvalue weighted by Gasteiger charge is 2.17. The van der Waals surface area contributed by atoms with Gasteiger partial charge in [-0.25, -0.2) is 4.39 Å². The van der Waals surface area contributed by atoms with Crippen LogP contribution in [0.25, 0.3) is 0 Å². The van der Waals surface area contributed by atoms with E-state index in [4.69, 9.17) is 9.47 Å². The molecule has 0 saturated heterocycles. The molecule has 2 N–H and O–H groups in total. The predicted octanol–water partition coefficient (Wildman–Crippen LogP) is 2.13. The number of halogens is 1. The fraction of sp³-hybridized carbons (Fsp3) is 0.222. The van der Waals surface area contributed by atoms with Crippen LogP contribution < -0.4 is 20.3 Å². The van der Waals surface area contributed by atoms with Crippen LogP contribution in [0.2, 0.25) is 0 Å². The third-order valence-corrected chi connectivity index (χ3v) is 3.29. The standard InChI is InChI=1S/C18H19FN2O4/c1-12-7-3-5-9-15(12)24-11-17(22)20-21-18(23)13(2)25-16-10-6-4-8-14(16)19/h3-10,13H,11H2,1-2H3,(H,20,22)(H,21,23)/t13-/m0/s1. The highest BCUT2D eigenvalue weighted by Crippen LogP contribution is 2.17. The first-order chi connectivity index (χ1) is 12.0. The summed E-state index contributed by atoms with van der Waals surface area (Å²) in [5.74, 6) is -1.18. The minimum absolute atomic E-state index is 0.0423. The van der Waals surface area contributed by atoms with Crippen molar-refractivity contribution >= 4 is 11.8 Å². The number of para-hydroxylation sites is 2. The number of hydrogen-bond acceptors (Lipinski definition) is 4. The van der Waals surface area contributed by atoms with Gasteiger partial charge < -0.3 is 9.47 Å². The smallest absolute Gasteiger partial charge is 0.279 e. The van der Waals surface area contributed by atoms with Crippen LogP contribution in [0, 0.1) is 12.7 Å². The first-order valence-corrected chi connectivity index (χ1v) is 7.65. The quantitative estimate of drug-likeness (QED) is 0.786. The lowest BCUT2D eigenvalue weighted by Crippen LogP contribution is -2.48. The Hall–Kier alpha value is -3.09. The van der Waals surface area contributed by atoms with Crippen molar-refractivity contribution in [2.75, 3.05) is 6.61 Å². The van der Waals surface area contributed by atoms with Crippen molar-refractivity contribution in [3.05, 3.63) is 59.9 Å². The topological polar surface area (TPSA) is 76.7 Å². The molecule has 132 valence electrons. The number of amides is 2. The maximum Gasteiger partial charge on any atom is 0.279 e. The van der Waals surface area contributed by atoms with Gasteiger partial charge in [0.25, 0.3) is 11.8 Å². The van der Waals surface area contributed by atoms with Crippen LogP contribution in [-0.2, 0) is 9.59 Å². The van der Waals surface area contributed by atoms with E-state index in [-0.39, 0.29) is 12.4 Å². The van der Waals surface area contributed by atoms with E-state index < -0.39 is 23.7 Å². The molecule has 0 saturated carbocycles. The van der Waals surface area contributed by atoms with Crippen LogP contribution in [0.4, 0.5) is 4.39 Å². The van der Waals surface area contributed by atoms with Crippen molar-refractivity contribution < 1.29 is 23.5 Å². The Labute approximate surface area is 144 Å². The number of hydrazine groups is 1. The fourth-order valence-corrected chi connectivity index (χ4v) is 1.91. The van der Waals surface area contributed by atoms with Gasteiger partial charge in [-0.1, -0.05) is 30.3 Å². The highest BCUT2D eigenvalue weighted by atomic mass is 19.1. The predicted molar refractivity (Wildman–Crippen MR) is 89.4 cm³/mol. The molecule has 0 fully saturated rings. The normalized spacial score (nSPS) is 11.3. The molecule has 2 amide bonds. The number of hydrogen-bond donors (Lipinski definition) is 2. The van der Waals surface area contributed by atoms with E-state index in [0.29, 0.717) is 5.75 Å². The molecule has 0 bridgehead atoms. The molecule has 0 heterocycles. The Morgan fingerprint density at radius 3 is 2.36 bits per heavy atom. The lowest BCUT2D eigenvalue weighted by atomic mass is 10.2. The average Bonchev–Trinajstić information content (AvgIpc) is 2.60. The van der Waals surface area contributed by atoms with Gasteiger partial charge in [-0.2, -0.15) is 0 Å². The SMILES string of the molecule is Cc1ccccc1OCC(=O)NNC(=O)[C@H](C)Oc1ccccc1F. The molecule has 1 atom stereocenters. The van der Waals surface area contributed by atoms with Crippen LogP contribution in [0.1, 0.15) is 12.5 Å². The van der Waals surface area contributed by atoms with E-state index >= 15 is 0 Å². The minimum Gasteiger partial charge on any atom is -0.483 e. The molecule has 0 aliphatic rings. The van der Waals surface area contributed by atoms with Gasteiger partial charge in [0.15, 0.2) is 24.3 Å². The zero-order valence-electron chi connectivity index (χ0n) is 13.9. The summed E-state index contributed by atoms with van der Waals surface area (Å²) in [5.41, 5.74) is 5.32. The molecule has 2 rings (SSSR count). The minimum atomic E-state index is -0.991. The molecule has 0 unspecified atom stereocenters. The summed E-state index contributed by atoms with van der Waals surface area (Å²) in [7, 11) is 0. The molecular formula is C18H19FN2O4. The van der Waals surface area contributed by atoms with Gasteiger partial charge in [0.05, 0.1) is 0 Å².